The molecule has 0 atom stereocenters. The molecule has 0 N–H and O–H groups in total. The van der Waals surface area contributed by atoms with Crippen LogP contribution in [-0.4, -0.2) is 9.38 Å². The summed E-state index contributed by atoms with van der Waals surface area (Å²) in [4.78, 5) is 17.3. The van der Waals surface area contributed by atoms with Crippen LogP contribution in [0.1, 0.15) is 23.2 Å². The van der Waals surface area contributed by atoms with Gasteiger partial charge in [-0.05, 0) is 48.3 Å². The quantitative estimate of drug-likeness (QED) is 0.653. The fourth-order valence-electron chi connectivity index (χ4n) is 2.94. The molecule has 3 nitrogen and oxygen atoms in total. The van der Waals surface area contributed by atoms with Crippen molar-refractivity contribution in [1.29, 1.82) is 0 Å². The lowest BCUT2D eigenvalue weighted by Gasteiger charge is -2.06. The van der Waals surface area contributed by atoms with Crippen LogP contribution < -0.4 is 5.56 Å². The summed E-state index contributed by atoms with van der Waals surface area (Å²) in [7, 11) is 0. The van der Waals surface area contributed by atoms with Gasteiger partial charge in [-0.1, -0.05) is 41.4 Å². The van der Waals surface area contributed by atoms with Gasteiger partial charge in [0.15, 0.2) is 0 Å². The van der Waals surface area contributed by atoms with Crippen molar-refractivity contribution in [2.75, 3.05) is 0 Å². The van der Waals surface area contributed by atoms with Gasteiger partial charge in [0.2, 0.25) is 0 Å². The van der Waals surface area contributed by atoms with Gasteiger partial charge < -0.3 is 0 Å². The molecule has 0 radical (unpaired) electrons. The summed E-state index contributed by atoms with van der Waals surface area (Å²) in [5, 5.41) is 1.21. The number of aromatic nitrogens is 2. The second-order valence-electron chi connectivity index (χ2n) is 5.51. The van der Waals surface area contributed by atoms with Crippen LogP contribution in [0, 0.1) is 0 Å². The first-order valence-corrected chi connectivity index (χ1v) is 8.05. The molecule has 2 heterocycles. The van der Waals surface area contributed by atoms with Crippen molar-refractivity contribution in [3.05, 3.63) is 79.8 Å². The zero-order valence-corrected chi connectivity index (χ0v) is 13.6. The monoisotopic (exact) mass is 342 g/mol. The third kappa shape index (κ3) is 2.46. The minimum Gasteiger partial charge on any atom is -0.269 e. The van der Waals surface area contributed by atoms with Crippen LogP contribution in [0.3, 0.4) is 0 Å². The average Bonchev–Trinajstić information content (AvgIpc) is 2.94. The lowest BCUT2D eigenvalue weighted by atomic mass is 10.1. The highest BCUT2D eigenvalue weighted by atomic mass is 35.5. The van der Waals surface area contributed by atoms with Gasteiger partial charge in [-0.25, -0.2) is 4.98 Å². The van der Waals surface area contributed by atoms with E-state index in [1.807, 2.05) is 30.3 Å². The van der Waals surface area contributed by atoms with E-state index < -0.39 is 0 Å². The predicted molar refractivity (Wildman–Crippen MR) is 94.1 cm³/mol. The second kappa shape index (κ2) is 5.52. The number of benzene rings is 1. The maximum atomic E-state index is 12.6. The topological polar surface area (TPSA) is 34.4 Å². The van der Waals surface area contributed by atoms with Gasteiger partial charge in [-0.2, -0.15) is 0 Å². The minimum absolute atomic E-state index is 0.0462. The molecule has 1 aromatic carbocycles. The first kappa shape index (κ1) is 14.5. The Labute approximate surface area is 142 Å². The second-order valence-corrected chi connectivity index (χ2v) is 6.35. The molecule has 0 unspecified atom stereocenters. The number of fused-ring (bicyclic) bond motifs is 2. The van der Waals surface area contributed by atoms with Gasteiger partial charge in [0.05, 0.1) is 10.7 Å². The number of allylic oxidation sites excluding steroid dienone is 1. The third-order valence-corrected chi connectivity index (χ3v) is 4.63. The van der Waals surface area contributed by atoms with Gasteiger partial charge in [0.1, 0.15) is 5.65 Å². The molecular weight excluding hydrogens is 331 g/mol. The highest BCUT2D eigenvalue weighted by Crippen LogP contribution is 2.32. The molecule has 3 aromatic rings. The molecule has 1 aliphatic rings. The molecule has 0 bridgehead atoms. The van der Waals surface area contributed by atoms with Gasteiger partial charge in [0.25, 0.3) is 5.56 Å². The Morgan fingerprint density at radius 1 is 1.09 bits per heavy atom. The SMILES string of the molecule is O=c1c2c(nc3ccc(Cl)cn13)/C(=C\c1ccccc1Cl)CC2. The summed E-state index contributed by atoms with van der Waals surface area (Å²) >= 11 is 12.2. The van der Waals surface area contributed by atoms with Crippen LogP contribution in [0.15, 0.2) is 47.4 Å². The standard InChI is InChI=1S/C18H12Cl2N2O/c19-13-6-8-16-21-17-12(9-11-3-1-2-4-15(11)20)5-7-14(17)18(23)22(16)10-13/h1-4,6,8-10H,5,7H2/b12-9-. The van der Waals surface area contributed by atoms with Crippen LogP contribution in [0.4, 0.5) is 0 Å². The third-order valence-electron chi connectivity index (χ3n) is 4.06. The summed E-state index contributed by atoms with van der Waals surface area (Å²) in [6, 6.07) is 11.2. The number of hydrogen-bond donors (Lipinski definition) is 0. The van der Waals surface area contributed by atoms with Crippen LogP contribution >= 0.6 is 23.2 Å². The lowest BCUT2D eigenvalue weighted by Crippen LogP contribution is -2.19. The normalized spacial score (nSPS) is 15.3. The van der Waals surface area contributed by atoms with E-state index in [0.717, 1.165) is 28.8 Å². The molecule has 5 heteroatoms. The Balaban J connectivity index is 1.93. The van der Waals surface area contributed by atoms with Crippen molar-refractivity contribution in [3.8, 4) is 0 Å². The number of pyridine rings is 1. The smallest absolute Gasteiger partial charge is 0.261 e. The van der Waals surface area contributed by atoms with Gasteiger partial charge in [-0.15, -0.1) is 0 Å². The molecule has 114 valence electrons. The Hall–Kier alpha value is -2.10. The predicted octanol–water partition coefficient (Wildman–Crippen LogP) is 4.49. The summed E-state index contributed by atoms with van der Waals surface area (Å²) in [6.07, 6.45) is 5.11. The Bertz CT molecular complexity index is 1020. The van der Waals surface area contributed by atoms with Crippen molar-refractivity contribution in [2.24, 2.45) is 0 Å². The summed E-state index contributed by atoms with van der Waals surface area (Å²) in [5.74, 6) is 0. The van der Waals surface area contributed by atoms with Crippen molar-refractivity contribution < 1.29 is 0 Å². The molecule has 0 fully saturated rings. The van der Waals surface area contributed by atoms with E-state index in [2.05, 4.69) is 4.98 Å². The fourth-order valence-corrected chi connectivity index (χ4v) is 3.29. The Morgan fingerprint density at radius 2 is 1.91 bits per heavy atom. The van der Waals surface area contributed by atoms with Crippen molar-refractivity contribution >= 4 is 40.5 Å². The van der Waals surface area contributed by atoms with Crippen LogP contribution in [-0.2, 0) is 6.42 Å². The number of halogens is 2. The zero-order chi connectivity index (χ0) is 16.0. The summed E-state index contributed by atoms with van der Waals surface area (Å²) in [6.45, 7) is 0. The highest BCUT2D eigenvalue weighted by molar-refractivity contribution is 6.32. The fraction of sp³-hybridized carbons (Fsp3) is 0.111. The van der Waals surface area contributed by atoms with E-state index in [9.17, 15) is 4.79 Å². The number of nitrogens with zero attached hydrogens (tertiary/aromatic N) is 2. The molecule has 0 amide bonds. The van der Waals surface area contributed by atoms with E-state index in [0.29, 0.717) is 22.1 Å². The highest BCUT2D eigenvalue weighted by Gasteiger charge is 2.22. The molecule has 0 spiro atoms. The van der Waals surface area contributed by atoms with E-state index in [-0.39, 0.29) is 5.56 Å². The molecule has 2 aromatic heterocycles. The van der Waals surface area contributed by atoms with Gasteiger partial charge in [-0.3, -0.25) is 9.20 Å². The van der Waals surface area contributed by atoms with Gasteiger partial charge in [0, 0.05) is 16.8 Å². The van der Waals surface area contributed by atoms with E-state index >= 15 is 0 Å². The number of hydrogen-bond acceptors (Lipinski definition) is 2. The molecular formula is C18H12Cl2N2O. The van der Waals surface area contributed by atoms with Gasteiger partial charge >= 0.3 is 0 Å². The van der Waals surface area contributed by atoms with E-state index in [1.54, 1.807) is 18.3 Å². The summed E-state index contributed by atoms with van der Waals surface area (Å²) < 4.78 is 1.51. The molecule has 23 heavy (non-hydrogen) atoms. The maximum absolute atomic E-state index is 12.6. The minimum atomic E-state index is -0.0462. The molecule has 0 aliphatic heterocycles. The van der Waals surface area contributed by atoms with Crippen molar-refractivity contribution in [1.82, 2.24) is 9.38 Å². The van der Waals surface area contributed by atoms with Crippen LogP contribution in [0.25, 0.3) is 17.3 Å². The van der Waals surface area contributed by atoms with E-state index in [1.165, 1.54) is 4.40 Å². The molecule has 0 saturated carbocycles. The first-order chi connectivity index (χ1) is 11.1. The maximum Gasteiger partial charge on any atom is 0.261 e. The van der Waals surface area contributed by atoms with E-state index in [4.69, 9.17) is 23.2 Å². The Morgan fingerprint density at radius 3 is 2.74 bits per heavy atom. The molecule has 0 saturated heterocycles. The van der Waals surface area contributed by atoms with Crippen LogP contribution in [0.5, 0.6) is 0 Å². The Kier molecular flexibility index (Phi) is 3.47. The van der Waals surface area contributed by atoms with Crippen LogP contribution in [0.2, 0.25) is 10.0 Å². The zero-order valence-electron chi connectivity index (χ0n) is 12.1. The van der Waals surface area contributed by atoms with Crippen molar-refractivity contribution in [3.63, 3.8) is 0 Å². The lowest BCUT2D eigenvalue weighted by molar-refractivity contribution is 0.971. The summed E-state index contributed by atoms with van der Waals surface area (Å²) in [5.41, 5.74) is 4.05. The largest absolute Gasteiger partial charge is 0.269 e. The van der Waals surface area contributed by atoms with Crippen molar-refractivity contribution in [2.45, 2.75) is 12.8 Å². The first-order valence-electron chi connectivity index (χ1n) is 7.30. The molecule has 4 rings (SSSR count). The molecule has 1 aliphatic carbocycles. The average molecular weight is 343 g/mol. The number of rotatable bonds is 1.